The van der Waals surface area contributed by atoms with Crippen LogP contribution in [0.25, 0.3) is 9.96 Å². The van der Waals surface area contributed by atoms with Crippen molar-refractivity contribution >= 4 is 16.5 Å². The summed E-state index contributed by atoms with van der Waals surface area (Å²) >= 11 is 0. The minimum Gasteiger partial charge on any atom is -0.664 e. The molecule has 0 fully saturated rings. The predicted molar refractivity (Wildman–Crippen MR) is 106 cm³/mol. The van der Waals surface area contributed by atoms with Gasteiger partial charge in [-0.15, -0.1) is 12.1 Å². The van der Waals surface area contributed by atoms with Crippen LogP contribution in [0.1, 0.15) is 34.6 Å². The molecule has 0 aliphatic rings. The average Bonchev–Trinajstić information content (AvgIpc) is 2.18. The number of nitrogens with zero attached hydrogens (tertiary/aromatic N) is 3. The van der Waals surface area contributed by atoms with Crippen molar-refractivity contribution in [1.82, 2.24) is 4.90 Å². The maximum Gasteiger partial charge on any atom is 3.00 e. The zero-order valence-electron chi connectivity index (χ0n) is 17.0. The van der Waals surface area contributed by atoms with Crippen molar-refractivity contribution in [3.8, 4) is 0 Å². The minimum absolute atomic E-state index is 0. The number of likely N-dealkylation sites (N-methyl/N-ethyl adjacent to an activating group) is 1. The van der Waals surface area contributed by atoms with Crippen molar-refractivity contribution in [2.75, 3.05) is 26.2 Å². The summed E-state index contributed by atoms with van der Waals surface area (Å²) in [6.07, 6.45) is 0. The van der Waals surface area contributed by atoms with Crippen molar-refractivity contribution in [3.05, 3.63) is 9.96 Å². The first-order chi connectivity index (χ1) is 9.20. The number of rotatable bonds is 7. The minimum atomic E-state index is -1.17. The Hall–Kier alpha value is 0.820. The maximum atomic E-state index is 4.69. The fraction of sp³-hybridized carbons (Fsp3) is 1.00. The topological polar surface area (TPSA) is 31.4 Å². The Bertz CT molecular complexity index is 240. The maximum absolute atomic E-state index is 4.69. The second kappa shape index (κ2) is 12.2. The predicted octanol–water partition coefficient (Wildman–Crippen LogP) is 5.53. The van der Waals surface area contributed by atoms with Gasteiger partial charge in [0.05, 0.1) is 0 Å². The van der Waals surface area contributed by atoms with Crippen molar-refractivity contribution in [2.24, 2.45) is 0 Å². The Morgan fingerprint density at radius 1 is 0.818 bits per heavy atom. The zero-order chi connectivity index (χ0) is 17.3. The summed E-state index contributed by atoms with van der Waals surface area (Å²) in [6.45, 7) is 29.0. The van der Waals surface area contributed by atoms with E-state index in [1.165, 1.54) is 0 Å². The van der Waals surface area contributed by atoms with Gasteiger partial charge in [0.25, 0.3) is 0 Å². The largest absolute Gasteiger partial charge is 3.00 e. The Morgan fingerprint density at radius 2 is 1.23 bits per heavy atom. The van der Waals surface area contributed by atoms with E-state index in [4.69, 9.17) is 0 Å². The van der Waals surface area contributed by atoms with Gasteiger partial charge in [-0.1, -0.05) is 90.4 Å². The third-order valence-electron chi connectivity index (χ3n) is 2.57. The Labute approximate surface area is 153 Å². The van der Waals surface area contributed by atoms with Crippen LogP contribution in [-0.4, -0.2) is 53.1 Å². The molecule has 136 valence electrons. The van der Waals surface area contributed by atoms with Crippen LogP contribution in [0.3, 0.4) is 0 Å². The van der Waals surface area contributed by atoms with E-state index in [1.807, 2.05) is 0 Å². The molecule has 0 bridgehead atoms. The van der Waals surface area contributed by atoms with Gasteiger partial charge >= 0.3 is 16.8 Å². The molecule has 0 saturated carbocycles. The fourth-order valence-corrected chi connectivity index (χ4v) is 4.86. The summed E-state index contributed by atoms with van der Waals surface area (Å²) in [4.78, 5) is 11.8. The first-order valence-corrected chi connectivity index (χ1v) is 15.2. The monoisotopic (exact) mass is 390 g/mol. The van der Waals surface area contributed by atoms with Crippen LogP contribution < -0.4 is 0 Å². The van der Waals surface area contributed by atoms with E-state index in [0.717, 1.165) is 26.2 Å². The third kappa shape index (κ3) is 25.8. The van der Waals surface area contributed by atoms with Crippen molar-refractivity contribution in [2.45, 2.75) is 79.4 Å². The van der Waals surface area contributed by atoms with E-state index in [9.17, 15) is 0 Å². The molecule has 3 nitrogen and oxygen atoms in total. The standard InChI is InChI=1S/C9H23N2Si.C7H18NSi.Co/c1-6-11(7-2)9-8-10-12(3,4)5;1-7(2,3)8-9(4,5)6;/h6-9H2,1-5H3;1-6H3;/q2*-1;+3. The first kappa shape index (κ1) is 27.7. The van der Waals surface area contributed by atoms with Crippen molar-refractivity contribution in [1.29, 1.82) is 0 Å². The van der Waals surface area contributed by atoms with E-state index in [1.54, 1.807) is 0 Å². The quantitative estimate of drug-likeness (QED) is 0.526. The molecule has 6 heteroatoms. The van der Waals surface area contributed by atoms with E-state index in [0.29, 0.717) is 0 Å². The molecule has 0 amide bonds. The Kier molecular flexibility index (Phi) is 15.4. The van der Waals surface area contributed by atoms with Gasteiger partial charge in [-0.2, -0.15) is 0 Å². The smallest absolute Gasteiger partial charge is 0.664 e. The van der Waals surface area contributed by atoms with E-state index >= 15 is 0 Å². The number of hydrogen-bond donors (Lipinski definition) is 0. The summed E-state index contributed by atoms with van der Waals surface area (Å²) in [5.41, 5.74) is 0.171. The Balaban J connectivity index is -0.000000326. The van der Waals surface area contributed by atoms with Gasteiger partial charge in [0.2, 0.25) is 0 Å². The molecular weight excluding hydrogens is 349 g/mol. The van der Waals surface area contributed by atoms with Crippen LogP contribution >= 0.6 is 0 Å². The number of hydrogen-bond acceptors (Lipinski definition) is 1. The summed E-state index contributed by atoms with van der Waals surface area (Å²) in [5.74, 6) is 0. The van der Waals surface area contributed by atoms with Gasteiger partial charge in [0.15, 0.2) is 0 Å². The molecule has 0 radical (unpaired) electrons. The first-order valence-electron chi connectivity index (χ1n) is 8.35. The van der Waals surface area contributed by atoms with E-state index in [-0.39, 0.29) is 22.3 Å². The van der Waals surface area contributed by atoms with Gasteiger partial charge in [-0.05, 0) is 19.6 Å². The van der Waals surface area contributed by atoms with Crippen LogP contribution in [0.15, 0.2) is 0 Å². The molecule has 0 aliphatic heterocycles. The molecule has 22 heavy (non-hydrogen) atoms. The molecule has 0 aromatic heterocycles. The summed E-state index contributed by atoms with van der Waals surface area (Å²) < 4.78 is 0. The Morgan fingerprint density at radius 3 is 1.41 bits per heavy atom. The normalized spacial score (nSPS) is 12.5. The molecule has 0 aromatic rings. The average molecular weight is 391 g/mol. The van der Waals surface area contributed by atoms with E-state index in [2.05, 4.69) is 88.8 Å². The van der Waals surface area contributed by atoms with Crippen molar-refractivity contribution < 1.29 is 16.8 Å². The molecule has 0 heterocycles. The summed E-state index contributed by atoms with van der Waals surface area (Å²) in [6, 6.07) is 0. The summed E-state index contributed by atoms with van der Waals surface area (Å²) in [5, 5.41) is 0. The molecule has 0 N–H and O–H groups in total. The second-order valence-electron chi connectivity index (χ2n) is 8.53. The van der Waals surface area contributed by atoms with E-state index < -0.39 is 16.5 Å². The van der Waals surface area contributed by atoms with Gasteiger partial charge < -0.3 is 14.9 Å². The van der Waals surface area contributed by atoms with Crippen LogP contribution in [0, 0.1) is 0 Å². The molecule has 0 unspecified atom stereocenters. The zero-order valence-corrected chi connectivity index (χ0v) is 20.0. The molecule has 0 saturated heterocycles. The molecule has 0 aliphatic carbocycles. The molecule has 0 atom stereocenters. The molecule has 0 rings (SSSR count). The van der Waals surface area contributed by atoms with Crippen LogP contribution in [0.2, 0.25) is 39.3 Å². The fourth-order valence-electron chi connectivity index (χ4n) is 2.07. The van der Waals surface area contributed by atoms with Crippen LogP contribution in [0.4, 0.5) is 0 Å². The molecule has 0 spiro atoms. The van der Waals surface area contributed by atoms with Gasteiger partial charge in [0.1, 0.15) is 0 Å². The molecule has 0 aromatic carbocycles. The van der Waals surface area contributed by atoms with Crippen LogP contribution in [0.5, 0.6) is 0 Å². The van der Waals surface area contributed by atoms with Crippen molar-refractivity contribution in [3.63, 3.8) is 0 Å². The molecular formula is C16H41CoN3Si2+. The third-order valence-corrected chi connectivity index (χ3v) is 5.08. The summed E-state index contributed by atoms with van der Waals surface area (Å²) in [7, 11) is -2.32. The van der Waals surface area contributed by atoms with Gasteiger partial charge in [-0.3, -0.25) is 0 Å². The SMILES string of the molecule is CC(C)(C)[N-][Si](C)(C)C.CCN(CC)CC[N-][Si](C)(C)C.[Co+3]. The van der Waals surface area contributed by atoms with Crippen LogP contribution in [-0.2, 0) is 16.8 Å². The van der Waals surface area contributed by atoms with Gasteiger partial charge in [0, 0.05) is 0 Å². The second-order valence-corrected chi connectivity index (χ2v) is 17.8. The van der Waals surface area contributed by atoms with Gasteiger partial charge in [-0.25, -0.2) is 0 Å².